The summed E-state index contributed by atoms with van der Waals surface area (Å²) in [5, 5.41) is 0. The fraction of sp³-hybridized carbons (Fsp3) is 0.393. The zero-order valence-corrected chi connectivity index (χ0v) is 20.2. The van der Waals surface area contributed by atoms with Crippen LogP contribution in [-0.2, 0) is 11.2 Å². The quantitative estimate of drug-likeness (QED) is 0.536. The van der Waals surface area contributed by atoms with Gasteiger partial charge in [-0.25, -0.2) is 9.97 Å². The third-order valence-corrected chi connectivity index (χ3v) is 6.21. The second-order valence-electron chi connectivity index (χ2n) is 9.43. The highest BCUT2D eigenvalue weighted by Crippen LogP contribution is 2.28. The van der Waals surface area contributed by atoms with Gasteiger partial charge < -0.3 is 9.80 Å². The first-order chi connectivity index (χ1) is 15.9. The van der Waals surface area contributed by atoms with Gasteiger partial charge in [0.2, 0.25) is 5.91 Å². The van der Waals surface area contributed by atoms with E-state index in [4.69, 9.17) is 9.97 Å². The average molecular weight is 443 g/mol. The molecule has 0 aliphatic carbocycles. The zero-order valence-electron chi connectivity index (χ0n) is 20.2. The van der Waals surface area contributed by atoms with E-state index >= 15 is 0 Å². The number of nitrogens with zero attached hydrogens (tertiary/aromatic N) is 4. The maximum Gasteiger partial charge on any atom is 0.222 e. The van der Waals surface area contributed by atoms with Crippen molar-refractivity contribution in [3.05, 3.63) is 77.0 Å². The first-order valence-electron chi connectivity index (χ1n) is 11.9. The van der Waals surface area contributed by atoms with Crippen LogP contribution in [0, 0.1) is 19.8 Å². The maximum absolute atomic E-state index is 12.6. The van der Waals surface area contributed by atoms with E-state index in [1.165, 1.54) is 16.7 Å². The molecule has 0 radical (unpaired) electrons. The van der Waals surface area contributed by atoms with Gasteiger partial charge in [-0.15, -0.1) is 0 Å². The molecule has 1 aliphatic heterocycles. The molecule has 0 N–H and O–H groups in total. The summed E-state index contributed by atoms with van der Waals surface area (Å²) in [7, 11) is 0. The molecule has 1 aromatic heterocycles. The lowest BCUT2D eigenvalue weighted by atomic mass is 10.0. The molecule has 0 saturated carbocycles. The summed E-state index contributed by atoms with van der Waals surface area (Å²) >= 11 is 0. The number of rotatable bonds is 6. The Morgan fingerprint density at radius 1 is 0.939 bits per heavy atom. The molecular weight excluding hydrogens is 408 g/mol. The Morgan fingerprint density at radius 3 is 2.33 bits per heavy atom. The number of aromatic nitrogens is 2. The number of amides is 1. The first kappa shape index (κ1) is 23.0. The molecule has 2 heterocycles. The molecule has 1 aliphatic rings. The lowest BCUT2D eigenvalue weighted by Gasteiger charge is -2.37. The van der Waals surface area contributed by atoms with Crippen molar-refractivity contribution in [3.63, 3.8) is 0 Å². The first-order valence-corrected chi connectivity index (χ1v) is 11.9. The lowest BCUT2D eigenvalue weighted by molar-refractivity contribution is -0.132. The summed E-state index contributed by atoms with van der Waals surface area (Å²) in [6.45, 7) is 11.4. The minimum Gasteiger partial charge on any atom is -0.353 e. The zero-order chi connectivity index (χ0) is 23.4. The van der Waals surface area contributed by atoms with Gasteiger partial charge >= 0.3 is 0 Å². The Hall–Kier alpha value is -3.21. The van der Waals surface area contributed by atoms with Gasteiger partial charge in [0, 0.05) is 55.8 Å². The van der Waals surface area contributed by atoms with E-state index < -0.39 is 0 Å². The van der Waals surface area contributed by atoms with Crippen molar-refractivity contribution in [1.82, 2.24) is 14.9 Å². The predicted octanol–water partition coefficient (Wildman–Crippen LogP) is 5.05. The summed E-state index contributed by atoms with van der Waals surface area (Å²) in [5.74, 6) is 2.41. The summed E-state index contributed by atoms with van der Waals surface area (Å²) in [4.78, 5) is 26.9. The summed E-state index contributed by atoms with van der Waals surface area (Å²) in [6, 6.07) is 18.9. The van der Waals surface area contributed by atoms with Crippen LogP contribution in [0.1, 0.15) is 42.7 Å². The Balaban J connectivity index is 1.66. The number of piperazine rings is 1. The van der Waals surface area contributed by atoms with Crippen LogP contribution in [0.4, 0.5) is 5.82 Å². The van der Waals surface area contributed by atoms with Crippen LogP contribution in [-0.4, -0.2) is 47.0 Å². The van der Waals surface area contributed by atoms with Gasteiger partial charge in [-0.05, 0) is 31.4 Å². The normalized spacial score (nSPS) is 14.1. The molecule has 5 nitrogen and oxygen atoms in total. The van der Waals surface area contributed by atoms with Crippen molar-refractivity contribution in [1.29, 1.82) is 0 Å². The molecule has 4 rings (SSSR count). The van der Waals surface area contributed by atoms with Gasteiger partial charge in [0.05, 0.1) is 0 Å². The fourth-order valence-corrected chi connectivity index (χ4v) is 4.41. The molecule has 1 saturated heterocycles. The van der Waals surface area contributed by atoms with E-state index in [1.807, 2.05) is 11.0 Å². The van der Waals surface area contributed by atoms with Crippen molar-refractivity contribution in [2.75, 3.05) is 31.1 Å². The number of aryl methyl sites for hydroxylation is 2. The van der Waals surface area contributed by atoms with Crippen molar-refractivity contribution < 1.29 is 4.79 Å². The highest BCUT2D eigenvalue weighted by molar-refractivity contribution is 5.76. The molecule has 2 aromatic carbocycles. The average Bonchev–Trinajstić information content (AvgIpc) is 2.80. The van der Waals surface area contributed by atoms with Crippen molar-refractivity contribution in [3.8, 4) is 11.4 Å². The Morgan fingerprint density at radius 2 is 1.67 bits per heavy atom. The van der Waals surface area contributed by atoms with Crippen LogP contribution in [0.2, 0.25) is 0 Å². The fourth-order valence-electron chi connectivity index (χ4n) is 4.41. The number of hydrogen-bond acceptors (Lipinski definition) is 4. The van der Waals surface area contributed by atoms with Gasteiger partial charge in [-0.1, -0.05) is 67.9 Å². The molecule has 0 unspecified atom stereocenters. The number of carbonyl (C=O) groups is 1. The van der Waals surface area contributed by atoms with Crippen molar-refractivity contribution in [2.24, 2.45) is 5.92 Å². The van der Waals surface area contributed by atoms with Crippen LogP contribution in [0.25, 0.3) is 11.4 Å². The van der Waals surface area contributed by atoms with Gasteiger partial charge in [-0.3, -0.25) is 4.79 Å². The van der Waals surface area contributed by atoms with E-state index in [2.05, 4.69) is 81.1 Å². The van der Waals surface area contributed by atoms with Crippen LogP contribution >= 0.6 is 0 Å². The summed E-state index contributed by atoms with van der Waals surface area (Å²) in [6.07, 6.45) is 1.41. The third kappa shape index (κ3) is 5.59. The van der Waals surface area contributed by atoms with E-state index in [1.54, 1.807) is 0 Å². The van der Waals surface area contributed by atoms with E-state index in [9.17, 15) is 4.79 Å². The van der Waals surface area contributed by atoms with E-state index in [0.717, 1.165) is 55.5 Å². The topological polar surface area (TPSA) is 49.3 Å². The number of anilines is 1. The molecule has 3 aromatic rings. The monoisotopic (exact) mass is 442 g/mol. The molecule has 0 bridgehead atoms. The lowest BCUT2D eigenvalue weighted by Crippen LogP contribution is -2.49. The largest absolute Gasteiger partial charge is 0.353 e. The summed E-state index contributed by atoms with van der Waals surface area (Å²) in [5.41, 5.74) is 5.66. The van der Waals surface area contributed by atoms with Crippen molar-refractivity contribution in [2.45, 2.75) is 40.5 Å². The second-order valence-corrected chi connectivity index (χ2v) is 9.43. The van der Waals surface area contributed by atoms with Crippen LogP contribution in [0.3, 0.4) is 0 Å². The van der Waals surface area contributed by atoms with Gasteiger partial charge in [0.1, 0.15) is 5.82 Å². The smallest absolute Gasteiger partial charge is 0.222 e. The number of carbonyl (C=O) groups excluding carboxylic acids is 1. The standard InChI is InChI=1S/C28H34N4O/c1-20(2)17-26(33)31-13-15-32(16-14-31)28-25(19-23-10-6-5-7-11-23)22(4)29-27(30-28)24-12-8-9-21(3)18-24/h5-12,18,20H,13-17,19H2,1-4H3. The molecule has 33 heavy (non-hydrogen) atoms. The molecular formula is C28H34N4O. The molecule has 5 heteroatoms. The summed E-state index contributed by atoms with van der Waals surface area (Å²) < 4.78 is 0. The number of hydrogen-bond donors (Lipinski definition) is 0. The minimum atomic E-state index is 0.258. The van der Waals surface area contributed by atoms with Gasteiger partial charge in [-0.2, -0.15) is 0 Å². The highest BCUT2D eigenvalue weighted by Gasteiger charge is 2.25. The predicted molar refractivity (Wildman–Crippen MR) is 134 cm³/mol. The highest BCUT2D eigenvalue weighted by atomic mass is 16.2. The molecule has 1 fully saturated rings. The van der Waals surface area contributed by atoms with Crippen LogP contribution in [0.15, 0.2) is 54.6 Å². The van der Waals surface area contributed by atoms with E-state index in [-0.39, 0.29) is 5.91 Å². The molecule has 0 atom stereocenters. The minimum absolute atomic E-state index is 0.258. The van der Waals surface area contributed by atoms with Crippen molar-refractivity contribution >= 4 is 11.7 Å². The third-order valence-electron chi connectivity index (χ3n) is 6.21. The number of benzene rings is 2. The van der Waals surface area contributed by atoms with Crippen LogP contribution in [0.5, 0.6) is 0 Å². The molecule has 1 amide bonds. The Kier molecular flexibility index (Phi) is 7.07. The Bertz CT molecular complexity index is 1100. The SMILES string of the molecule is Cc1cccc(-c2nc(C)c(Cc3ccccc3)c(N3CCN(C(=O)CC(C)C)CC3)n2)c1. The van der Waals surface area contributed by atoms with Gasteiger partial charge in [0.15, 0.2) is 5.82 Å². The van der Waals surface area contributed by atoms with Gasteiger partial charge in [0.25, 0.3) is 0 Å². The molecule has 0 spiro atoms. The van der Waals surface area contributed by atoms with E-state index in [0.29, 0.717) is 12.3 Å². The molecule has 172 valence electrons. The maximum atomic E-state index is 12.6. The second kappa shape index (κ2) is 10.2. The van der Waals surface area contributed by atoms with Crippen LogP contribution < -0.4 is 4.90 Å². The Labute approximate surface area is 197 Å².